The number of carbonyl (C=O) groups excluding carboxylic acids is 1. The maximum Gasteiger partial charge on any atom is 0.411 e. The number of carbonyl (C=O) groups is 1. The van der Waals surface area contributed by atoms with Gasteiger partial charge in [-0.1, -0.05) is 12.1 Å². The van der Waals surface area contributed by atoms with Gasteiger partial charge in [0.05, 0.1) is 22.6 Å². The number of benzene rings is 2. The van der Waals surface area contributed by atoms with Crippen LogP contribution in [-0.2, 0) is 4.74 Å². The topological polar surface area (TPSA) is 104 Å². The lowest BCUT2D eigenvalue weighted by molar-refractivity contribution is 0.108. The molecule has 1 saturated carbocycles. The van der Waals surface area contributed by atoms with Gasteiger partial charge in [-0.3, -0.25) is 10.3 Å². The Morgan fingerprint density at radius 3 is 2.47 bits per heavy atom. The Morgan fingerprint density at radius 1 is 1.08 bits per heavy atom. The summed E-state index contributed by atoms with van der Waals surface area (Å²) < 4.78 is 13.7. The van der Waals surface area contributed by atoms with Crippen LogP contribution in [0.5, 0.6) is 11.6 Å². The van der Waals surface area contributed by atoms with Crippen molar-refractivity contribution in [2.75, 3.05) is 11.1 Å². The number of amides is 1. The molecule has 36 heavy (non-hydrogen) atoms. The highest BCUT2D eigenvalue weighted by Gasteiger charge is 2.30. The molecule has 2 heterocycles. The monoisotopic (exact) mass is 485 g/mol. The third-order valence-electron chi connectivity index (χ3n) is 6.57. The van der Waals surface area contributed by atoms with E-state index in [0.29, 0.717) is 28.9 Å². The average Bonchev–Trinajstić information content (AvgIpc) is 3.66. The van der Waals surface area contributed by atoms with E-state index in [1.54, 1.807) is 12.4 Å². The van der Waals surface area contributed by atoms with Gasteiger partial charge in [0, 0.05) is 41.1 Å². The van der Waals surface area contributed by atoms with Gasteiger partial charge in [0.25, 0.3) is 0 Å². The van der Waals surface area contributed by atoms with Crippen LogP contribution in [-0.4, -0.2) is 26.7 Å². The minimum atomic E-state index is -0.427. The Kier molecular flexibility index (Phi) is 6.26. The Balaban J connectivity index is 1.44. The van der Waals surface area contributed by atoms with Crippen LogP contribution in [0.25, 0.3) is 22.2 Å². The van der Waals surface area contributed by atoms with Crippen LogP contribution in [0.15, 0.2) is 54.9 Å². The summed E-state index contributed by atoms with van der Waals surface area (Å²) in [6.07, 6.45) is 5.02. The zero-order valence-corrected chi connectivity index (χ0v) is 21.0. The van der Waals surface area contributed by atoms with Crippen molar-refractivity contribution < 1.29 is 14.3 Å². The molecular formula is C28H31N5O3. The third kappa shape index (κ3) is 4.71. The van der Waals surface area contributed by atoms with E-state index in [2.05, 4.69) is 33.7 Å². The predicted octanol–water partition coefficient (Wildman–Crippen LogP) is 6.71. The maximum atomic E-state index is 12.2. The molecule has 4 aromatic rings. The van der Waals surface area contributed by atoms with Crippen LogP contribution in [0.1, 0.15) is 45.3 Å². The van der Waals surface area contributed by atoms with Crippen LogP contribution in [0, 0.1) is 12.8 Å². The molecule has 2 aromatic heterocycles. The number of anilines is 2. The normalized spacial score (nSPS) is 14.1. The van der Waals surface area contributed by atoms with Gasteiger partial charge in [-0.2, -0.15) is 0 Å². The fourth-order valence-electron chi connectivity index (χ4n) is 4.51. The number of nitrogens with zero attached hydrogens (tertiary/aromatic N) is 3. The van der Waals surface area contributed by atoms with E-state index in [1.165, 1.54) is 0 Å². The van der Waals surface area contributed by atoms with E-state index in [-0.39, 0.29) is 12.1 Å². The SMILES string of the molecule is Cc1nccnc1Oc1ccc2c(N)c(-c3ccc(NC(=O)O[C@H](C)C4CC4)cc3)n(C(C)C)c2c1. The van der Waals surface area contributed by atoms with Crippen LogP contribution in [0.3, 0.4) is 0 Å². The van der Waals surface area contributed by atoms with E-state index < -0.39 is 6.09 Å². The highest BCUT2D eigenvalue weighted by molar-refractivity contribution is 6.01. The zero-order valence-electron chi connectivity index (χ0n) is 21.0. The highest BCUT2D eigenvalue weighted by Crippen LogP contribution is 2.40. The summed E-state index contributed by atoms with van der Waals surface area (Å²) in [6, 6.07) is 13.6. The van der Waals surface area contributed by atoms with Gasteiger partial charge in [0.2, 0.25) is 5.88 Å². The van der Waals surface area contributed by atoms with Crippen molar-refractivity contribution in [3.8, 4) is 22.9 Å². The van der Waals surface area contributed by atoms with Gasteiger partial charge in [-0.05, 0) is 70.7 Å². The molecule has 0 unspecified atom stereocenters. The van der Waals surface area contributed by atoms with Crippen LogP contribution < -0.4 is 15.8 Å². The summed E-state index contributed by atoms with van der Waals surface area (Å²) in [6.45, 7) is 8.05. The molecule has 0 aliphatic heterocycles. The van der Waals surface area contributed by atoms with Gasteiger partial charge in [0.15, 0.2) is 0 Å². The second-order valence-electron chi connectivity index (χ2n) is 9.60. The molecule has 186 valence electrons. The predicted molar refractivity (Wildman–Crippen MR) is 141 cm³/mol. The number of hydrogen-bond acceptors (Lipinski definition) is 6. The first-order chi connectivity index (χ1) is 17.3. The summed E-state index contributed by atoms with van der Waals surface area (Å²) in [5.41, 5.74) is 11.6. The largest absolute Gasteiger partial charge is 0.446 e. The zero-order chi connectivity index (χ0) is 25.4. The standard InChI is InChI=1S/C28H31N5O3/c1-16(2)33-24-15-22(36-27-17(3)30-13-14-31-27)11-12-23(24)25(29)26(33)20-7-9-21(10-8-20)32-28(34)35-18(4)19-5-6-19/h7-16,18-19H,5-6,29H2,1-4H3,(H,32,34)/t18-/m1/s1. The molecule has 1 amide bonds. The van der Waals surface area contributed by atoms with Crippen molar-refractivity contribution in [3.05, 3.63) is 60.6 Å². The molecule has 5 rings (SSSR count). The van der Waals surface area contributed by atoms with E-state index in [0.717, 1.165) is 40.7 Å². The van der Waals surface area contributed by atoms with E-state index in [1.807, 2.05) is 56.3 Å². The van der Waals surface area contributed by atoms with E-state index in [9.17, 15) is 4.79 Å². The molecule has 3 N–H and O–H groups in total. The minimum Gasteiger partial charge on any atom is -0.446 e. The molecule has 1 aliphatic rings. The smallest absolute Gasteiger partial charge is 0.411 e. The molecule has 0 bridgehead atoms. The Hall–Kier alpha value is -4.07. The Labute approximate surface area is 210 Å². The Morgan fingerprint density at radius 2 is 1.81 bits per heavy atom. The van der Waals surface area contributed by atoms with Crippen molar-refractivity contribution in [3.63, 3.8) is 0 Å². The summed E-state index contributed by atoms with van der Waals surface area (Å²) in [5, 5.41) is 3.77. The lowest BCUT2D eigenvalue weighted by Gasteiger charge is -2.16. The van der Waals surface area contributed by atoms with Crippen LogP contribution >= 0.6 is 0 Å². The molecule has 0 spiro atoms. The van der Waals surface area contributed by atoms with Crippen molar-refractivity contribution >= 4 is 28.4 Å². The Bertz CT molecular complexity index is 1410. The van der Waals surface area contributed by atoms with Gasteiger partial charge >= 0.3 is 6.09 Å². The molecule has 8 nitrogen and oxygen atoms in total. The number of aryl methyl sites for hydroxylation is 1. The number of hydrogen-bond donors (Lipinski definition) is 2. The third-order valence-corrected chi connectivity index (χ3v) is 6.57. The number of ether oxygens (including phenoxy) is 2. The quantitative estimate of drug-likeness (QED) is 0.301. The van der Waals surface area contributed by atoms with Crippen molar-refractivity contribution in [1.82, 2.24) is 14.5 Å². The minimum absolute atomic E-state index is 0.0578. The summed E-state index contributed by atoms with van der Waals surface area (Å²) in [4.78, 5) is 20.8. The number of nitrogens with one attached hydrogen (secondary N) is 1. The fourth-order valence-corrected chi connectivity index (χ4v) is 4.51. The first-order valence-corrected chi connectivity index (χ1v) is 12.3. The fraction of sp³-hybridized carbons (Fsp3) is 0.321. The lowest BCUT2D eigenvalue weighted by Crippen LogP contribution is -2.21. The number of rotatable bonds is 7. The van der Waals surface area contributed by atoms with Gasteiger partial charge < -0.3 is 19.8 Å². The molecule has 0 saturated heterocycles. The maximum absolute atomic E-state index is 12.2. The second-order valence-corrected chi connectivity index (χ2v) is 9.60. The second kappa shape index (κ2) is 9.53. The van der Waals surface area contributed by atoms with Gasteiger partial charge in [-0.15, -0.1) is 0 Å². The highest BCUT2D eigenvalue weighted by atomic mass is 16.6. The molecule has 1 fully saturated rings. The first-order valence-electron chi connectivity index (χ1n) is 12.3. The van der Waals surface area contributed by atoms with Crippen molar-refractivity contribution in [1.29, 1.82) is 0 Å². The number of nitrogens with two attached hydrogens (primary N) is 1. The van der Waals surface area contributed by atoms with Gasteiger partial charge in [-0.25, -0.2) is 9.78 Å². The van der Waals surface area contributed by atoms with E-state index >= 15 is 0 Å². The van der Waals surface area contributed by atoms with Crippen LogP contribution in [0.2, 0.25) is 0 Å². The molecule has 8 heteroatoms. The number of fused-ring (bicyclic) bond motifs is 1. The first kappa shape index (κ1) is 23.7. The van der Waals surface area contributed by atoms with Crippen LogP contribution in [0.4, 0.5) is 16.2 Å². The molecule has 1 aliphatic carbocycles. The molecule has 0 radical (unpaired) electrons. The summed E-state index contributed by atoms with van der Waals surface area (Å²) in [7, 11) is 0. The summed E-state index contributed by atoms with van der Waals surface area (Å²) in [5.74, 6) is 1.63. The number of aromatic nitrogens is 3. The molecular weight excluding hydrogens is 454 g/mol. The summed E-state index contributed by atoms with van der Waals surface area (Å²) >= 11 is 0. The van der Waals surface area contributed by atoms with Gasteiger partial charge in [0.1, 0.15) is 11.9 Å². The number of nitrogen functional groups attached to an aromatic ring is 1. The lowest BCUT2D eigenvalue weighted by atomic mass is 10.1. The molecule has 1 atom stereocenters. The van der Waals surface area contributed by atoms with E-state index in [4.69, 9.17) is 15.2 Å². The molecule has 2 aromatic carbocycles. The van der Waals surface area contributed by atoms with Crippen molar-refractivity contribution in [2.24, 2.45) is 5.92 Å². The van der Waals surface area contributed by atoms with Crippen molar-refractivity contribution in [2.45, 2.75) is 52.7 Å². The average molecular weight is 486 g/mol.